The number of likely N-dealkylation sites (tertiary alicyclic amines) is 1. The Labute approximate surface area is 189 Å². The molecule has 0 aromatic rings. The predicted octanol–water partition coefficient (Wildman–Crippen LogP) is 1.43. The Balaban J connectivity index is 1.94. The summed E-state index contributed by atoms with van der Waals surface area (Å²) in [5.41, 5.74) is -2.82. The van der Waals surface area contributed by atoms with Crippen LogP contribution in [0.2, 0.25) is 0 Å². The van der Waals surface area contributed by atoms with E-state index in [0.717, 1.165) is 0 Å². The molecule has 0 radical (unpaired) electrons. The summed E-state index contributed by atoms with van der Waals surface area (Å²) < 4.78 is 12.2. The minimum Gasteiger partial charge on any atom is -0.461 e. The van der Waals surface area contributed by atoms with Gasteiger partial charge in [0.15, 0.2) is 0 Å². The molecule has 32 heavy (non-hydrogen) atoms. The number of aliphatic hydroxyl groups excluding tert-OH is 1. The van der Waals surface area contributed by atoms with Crippen LogP contribution in [-0.2, 0) is 23.9 Å². The van der Waals surface area contributed by atoms with Crippen LogP contribution in [0.5, 0.6) is 0 Å². The second-order valence-corrected chi connectivity index (χ2v) is 10.2. The molecule has 2 fully saturated rings. The number of esters is 1. The fraction of sp³-hybridized carbons (Fsp3) is 0.708. The molecule has 4 aliphatic rings. The number of carbonyl (C=O) groups is 3. The van der Waals surface area contributed by atoms with E-state index in [-0.39, 0.29) is 25.0 Å². The fourth-order valence-corrected chi connectivity index (χ4v) is 5.95. The van der Waals surface area contributed by atoms with Gasteiger partial charge in [0.05, 0.1) is 18.6 Å². The van der Waals surface area contributed by atoms with E-state index < -0.39 is 46.6 Å². The predicted molar refractivity (Wildman–Crippen MR) is 116 cm³/mol. The van der Waals surface area contributed by atoms with E-state index in [2.05, 4.69) is 0 Å². The summed E-state index contributed by atoms with van der Waals surface area (Å²) in [5.74, 6) is -2.81. The molecule has 1 N–H and O–H groups in total. The maximum absolute atomic E-state index is 14.0. The molecular weight excluding hydrogens is 412 g/mol. The van der Waals surface area contributed by atoms with Gasteiger partial charge in [-0.2, -0.15) is 0 Å². The largest absolute Gasteiger partial charge is 0.461 e. The Morgan fingerprint density at radius 1 is 1.12 bits per heavy atom. The molecule has 8 nitrogen and oxygen atoms in total. The van der Waals surface area contributed by atoms with E-state index in [1.807, 2.05) is 52.8 Å². The summed E-state index contributed by atoms with van der Waals surface area (Å²) in [6.07, 6.45) is 8.21. The summed E-state index contributed by atoms with van der Waals surface area (Å²) in [5, 5.41) is 10.1. The van der Waals surface area contributed by atoms with Crippen molar-refractivity contribution < 1.29 is 29.0 Å². The maximum Gasteiger partial charge on any atom is 0.313 e. The van der Waals surface area contributed by atoms with Gasteiger partial charge in [-0.25, -0.2) is 0 Å². The van der Waals surface area contributed by atoms with Gasteiger partial charge in [0, 0.05) is 12.1 Å². The Kier molecular flexibility index (Phi) is 5.53. The number of carbonyl (C=O) groups excluding carboxylic acids is 3. The zero-order chi connectivity index (χ0) is 23.5. The third-order valence-corrected chi connectivity index (χ3v) is 7.52. The lowest BCUT2D eigenvalue weighted by Gasteiger charge is -2.43. The molecule has 2 saturated heterocycles. The van der Waals surface area contributed by atoms with E-state index in [1.165, 1.54) is 4.90 Å². The van der Waals surface area contributed by atoms with Crippen molar-refractivity contribution in [3.05, 3.63) is 24.3 Å². The van der Waals surface area contributed by atoms with Gasteiger partial charge in [-0.1, -0.05) is 32.1 Å². The van der Waals surface area contributed by atoms with Gasteiger partial charge in [0.2, 0.25) is 11.8 Å². The lowest BCUT2D eigenvalue weighted by Crippen LogP contribution is -2.61. The van der Waals surface area contributed by atoms with Crippen molar-refractivity contribution in [3.8, 4) is 0 Å². The second-order valence-electron chi connectivity index (χ2n) is 10.2. The zero-order valence-electron chi connectivity index (χ0n) is 19.5. The molecular formula is C24H34N2O6. The fourth-order valence-electron chi connectivity index (χ4n) is 5.95. The molecule has 0 aromatic carbocycles. The van der Waals surface area contributed by atoms with Gasteiger partial charge in [-0.3, -0.25) is 14.4 Å². The Bertz CT molecular complexity index is 872. The molecule has 0 aromatic heterocycles. The second kappa shape index (κ2) is 7.70. The first-order valence-corrected chi connectivity index (χ1v) is 11.5. The van der Waals surface area contributed by atoms with Crippen LogP contribution >= 0.6 is 0 Å². The average molecular weight is 447 g/mol. The van der Waals surface area contributed by atoms with Crippen molar-refractivity contribution >= 4 is 17.8 Å². The number of cyclic esters (lactones) is 1. The molecule has 6 atom stereocenters. The van der Waals surface area contributed by atoms with Crippen molar-refractivity contribution in [1.29, 1.82) is 0 Å². The van der Waals surface area contributed by atoms with Crippen molar-refractivity contribution in [1.82, 2.24) is 9.80 Å². The topological polar surface area (TPSA) is 96.4 Å². The molecule has 2 amide bonds. The lowest BCUT2D eigenvalue weighted by atomic mass is 9.73. The smallest absolute Gasteiger partial charge is 0.313 e. The third-order valence-electron chi connectivity index (χ3n) is 7.52. The van der Waals surface area contributed by atoms with Crippen molar-refractivity contribution in [3.63, 3.8) is 0 Å². The van der Waals surface area contributed by atoms with Gasteiger partial charge in [0.25, 0.3) is 0 Å². The molecule has 1 spiro atoms. The van der Waals surface area contributed by atoms with Gasteiger partial charge in [0.1, 0.15) is 29.8 Å². The third kappa shape index (κ3) is 2.99. The molecule has 4 aliphatic heterocycles. The summed E-state index contributed by atoms with van der Waals surface area (Å²) >= 11 is 0. The number of hydrogen-bond donors (Lipinski definition) is 1. The van der Waals surface area contributed by atoms with Crippen LogP contribution in [0.15, 0.2) is 24.3 Å². The Hall–Kier alpha value is -2.19. The summed E-state index contributed by atoms with van der Waals surface area (Å²) in [6.45, 7) is 9.86. The Morgan fingerprint density at radius 3 is 2.44 bits per heavy atom. The number of amides is 2. The molecule has 1 unspecified atom stereocenters. The highest BCUT2D eigenvalue weighted by atomic mass is 16.6. The van der Waals surface area contributed by atoms with Crippen LogP contribution in [0.25, 0.3) is 0 Å². The minimum absolute atomic E-state index is 0.127. The molecule has 176 valence electrons. The highest BCUT2D eigenvalue weighted by Crippen LogP contribution is 2.59. The molecule has 8 heteroatoms. The molecule has 0 bridgehead atoms. The number of hydrogen-bond acceptors (Lipinski definition) is 6. The van der Waals surface area contributed by atoms with Crippen LogP contribution in [0.3, 0.4) is 0 Å². The average Bonchev–Trinajstić information content (AvgIpc) is 3.01. The van der Waals surface area contributed by atoms with Crippen LogP contribution in [0.1, 0.15) is 47.5 Å². The Morgan fingerprint density at radius 2 is 1.84 bits per heavy atom. The number of rotatable bonds is 4. The first kappa shape index (κ1) is 23.0. The molecule has 0 saturated carbocycles. The quantitative estimate of drug-likeness (QED) is 0.518. The molecule has 0 aliphatic carbocycles. The van der Waals surface area contributed by atoms with Gasteiger partial charge < -0.3 is 24.4 Å². The number of fused-ring (bicyclic) bond motifs is 2. The van der Waals surface area contributed by atoms with Crippen LogP contribution in [-0.4, -0.2) is 81.3 Å². The standard InChI is InChI=1S/C24H34N2O6/c1-6-15(14-27)26-18-20(29)25(22(3,4)5)12-8-11-24(18)16(19(26)28)17-21(30)31-13-9-10-23(17,7-2)32-24/h8-11,15-18,27H,6-7,12-14H2,1-5H3/t15-,16-,17+,18?,23-,24-/m0/s1. The summed E-state index contributed by atoms with van der Waals surface area (Å²) in [7, 11) is 0. The van der Waals surface area contributed by atoms with Gasteiger partial charge in [-0.05, 0) is 39.7 Å². The summed E-state index contributed by atoms with van der Waals surface area (Å²) in [4.78, 5) is 44.4. The van der Waals surface area contributed by atoms with Crippen LogP contribution in [0, 0.1) is 11.8 Å². The van der Waals surface area contributed by atoms with Gasteiger partial charge in [-0.15, -0.1) is 0 Å². The molecule has 4 heterocycles. The van der Waals surface area contributed by atoms with E-state index in [4.69, 9.17) is 9.47 Å². The van der Waals surface area contributed by atoms with Crippen molar-refractivity contribution in [2.24, 2.45) is 11.8 Å². The first-order valence-electron chi connectivity index (χ1n) is 11.5. The van der Waals surface area contributed by atoms with E-state index in [1.54, 1.807) is 11.0 Å². The number of ether oxygens (including phenoxy) is 2. The van der Waals surface area contributed by atoms with Crippen LogP contribution < -0.4 is 0 Å². The zero-order valence-corrected chi connectivity index (χ0v) is 19.5. The van der Waals surface area contributed by atoms with Gasteiger partial charge >= 0.3 is 5.97 Å². The summed E-state index contributed by atoms with van der Waals surface area (Å²) in [6, 6.07) is -1.52. The van der Waals surface area contributed by atoms with E-state index in [9.17, 15) is 19.5 Å². The monoisotopic (exact) mass is 446 g/mol. The van der Waals surface area contributed by atoms with Crippen molar-refractivity contribution in [2.45, 2.75) is 76.3 Å². The highest BCUT2D eigenvalue weighted by Gasteiger charge is 2.76. The number of nitrogens with zero attached hydrogens (tertiary/aromatic N) is 2. The first-order chi connectivity index (χ1) is 15.1. The minimum atomic E-state index is -1.31. The molecule has 4 rings (SSSR count). The maximum atomic E-state index is 14.0. The highest BCUT2D eigenvalue weighted by molar-refractivity contribution is 5.99. The number of aliphatic hydroxyl groups is 1. The van der Waals surface area contributed by atoms with E-state index in [0.29, 0.717) is 19.4 Å². The normalized spacial score (nSPS) is 37.6. The van der Waals surface area contributed by atoms with Crippen LogP contribution in [0.4, 0.5) is 0 Å². The van der Waals surface area contributed by atoms with E-state index >= 15 is 0 Å². The van der Waals surface area contributed by atoms with Crippen molar-refractivity contribution in [2.75, 3.05) is 19.8 Å². The lowest BCUT2D eigenvalue weighted by molar-refractivity contribution is -0.162. The SMILES string of the molecule is CC[C@@H](CO)N1C(=O)[C@@H]2[C@@H]3C(=O)OCC=C[C@]3(CC)O[C@@]23C=CCN(C(C)(C)C)C(=O)C13.